The number of carbonyl (C=O) groups is 1. The lowest BCUT2D eigenvalue weighted by Crippen LogP contribution is -2.36. The first-order chi connectivity index (χ1) is 11.7. The van der Waals surface area contributed by atoms with Crippen molar-refractivity contribution in [3.8, 4) is 11.5 Å². The van der Waals surface area contributed by atoms with Crippen molar-refractivity contribution >= 4 is 6.03 Å². The SMILES string of the molecule is CC(NC(=O)NCc1ccc2c(c1)OCCCO2)c1cccnc1. The molecule has 0 saturated carbocycles. The molecule has 2 N–H and O–H groups in total. The zero-order valence-electron chi connectivity index (χ0n) is 13.6. The number of aromatic nitrogens is 1. The lowest BCUT2D eigenvalue weighted by Gasteiger charge is -2.15. The summed E-state index contributed by atoms with van der Waals surface area (Å²) < 4.78 is 11.3. The third kappa shape index (κ3) is 4.16. The highest BCUT2D eigenvalue weighted by Crippen LogP contribution is 2.30. The number of ether oxygens (including phenoxy) is 2. The molecule has 0 aliphatic carbocycles. The molecule has 0 fully saturated rings. The van der Waals surface area contributed by atoms with Crippen LogP contribution < -0.4 is 20.1 Å². The summed E-state index contributed by atoms with van der Waals surface area (Å²) in [6.45, 7) is 3.65. The van der Waals surface area contributed by atoms with Crippen LogP contribution in [0.2, 0.25) is 0 Å². The van der Waals surface area contributed by atoms with Crippen LogP contribution in [0.3, 0.4) is 0 Å². The molecule has 1 aromatic carbocycles. The average Bonchev–Trinajstić information content (AvgIpc) is 2.85. The number of fused-ring (bicyclic) bond motifs is 1. The maximum absolute atomic E-state index is 12.0. The van der Waals surface area contributed by atoms with Gasteiger partial charge in [-0.3, -0.25) is 4.98 Å². The van der Waals surface area contributed by atoms with E-state index in [9.17, 15) is 4.79 Å². The molecule has 24 heavy (non-hydrogen) atoms. The summed E-state index contributed by atoms with van der Waals surface area (Å²) in [5.74, 6) is 1.49. The molecular weight excluding hydrogens is 306 g/mol. The average molecular weight is 327 g/mol. The number of benzene rings is 1. The van der Waals surface area contributed by atoms with Crippen molar-refractivity contribution in [1.29, 1.82) is 0 Å². The van der Waals surface area contributed by atoms with Crippen molar-refractivity contribution in [1.82, 2.24) is 15.6 Å². The summed E-state index contributed by atoms with van der Waals surface area (Å²) in [7, 11) is 0. The Bertz CT molecular complexity index is 691. The van der Waals surface area contributed by atoms with Crippen molar-refractivity contribution in [2.24, 2.45) is 0 Å². The first-order valence-corrected chi connectivity index (χ1v) is 8.05. The number of amides is 2. The van der Waals surface area contributed by atoms with E-state index in [2.05, 4.69) is 15.6 Å². The molecule has 6 heteroatoms. The number of hydrogen-bond donors (Lipinski definition) is 2. The molecule has 0 saturated heterocycles. The fourth-order valence-corrected chi connectivity index (χ4v) is 2.46. The maximum atomic E-state index is 12.0. The first kappa shape index (κ1) is 16.1. The Kier molecular flexibility index (Phi) is 5.15. The zero-order chi connectivity index (χ0) is 16.8. The topological polar surface area (TPSA) is 72.5 Å². The van der Waals surface area contributed by atoms with Crippen molar-refractivity contribution < 1.29 is 14.3 Å². The smallest absolute Gasteiger partial charge is 0.315 e. The molecule has 1 aliphatic rings. The molecular formula is C18H21N3O3. The molecule has 1 aromatic heterocycles. The van der Waals surface area contributed by atoms with Crippen LogP contribution in [0.5, 0.6) is 11.5 Å². The van der Waals surface area contributed by atoms with Gasteiger partial charge in [-0.25, -0.2) is 4.79 Å². The van der Waals surface area contributed by atoms with Gasteiger partial charge in [-0.2, -0.15) is 0 Å². The summed E-state index contributed by atoms with van der Waals surface area (Å²) in [4.78, 5) is 16.1. The Morgan fingerprint density at radius 3 is 2.88 bits per heavy atom. The van der Waals surface area contributed by atoms with Crippen LogP contribution in [-0.4, -0.2) is 24.2 Å². The van der Waals surface area contributed by atoms with E-state index in [1.807, 2.05) is 37.3 Å². The Morgan fingerprint density at radius 2 is 2.08 bits per heavy atom. The molecule has 1 unspecified atom stereocenters. The monoisotopic (exact) mass is 327 g/mol. The third-order valence-corrected chi connectivity index (χ3v) is 3.80. The van der Waals surface area contributed by atoms with Crippen molar-refractivity contribution in [3.63, 3.8) is 0 Å². The lowest BCUT2D eigenvalue weighted by molar-refractivity contribution is 0.237. The summed E-state index contributed by atoms with van der Waals surface area (Å²) in [5.41, 5.74) is 1.92. The predicted molar refractivity (Wildman–Crippen MR) is 90.1 cm³/mol. The van der Waals surface area contributed by atoms with E-state index in [1.54, 1.807) is 12.4 Å². The summed E-state index contributed by atoms with van der Waals surface area (Å²) in [6, 6.07) is 9.17. The normalized spacial score (nSPS) is 14.4. The van der Waals surface area contributed by atoms with E-state index in [0.29, 0.717) is 19.8 Å². The van der Waals surface area contributed by atoms with Gasteiger partial charge in [0.05, 0.1) is 19.3 Å². The number of nitrogens with one attached hydrogen (secondary N) is 2. The second-order valence-electron chi connectivity index (χ2n) is 5.67. The van der Waals surface area contributed by atoms with Gasteiger partial charge in [0, 0.05) is 25.4 Å². The van der Waals surface area contributed by atoms with Gasteiger partial charge in [0.1, 0.15) is 0 Å². The Hall–Kier alpha value is -2.76. The molecule has 0 bridgehead atoms. The number of nitrogens with zero attached hydrogens (tertiary/aromatic N) is 1. The van der Waals surface area contributed by atoms with E-state index in [4.69, 9.17) is 9.47 Å². The number of hydrogen-bond acceptors (Lipinski definition) is 4. The number of carbonyl (C=O) groups excluding carboxylic acids is 1. The summed E-state index contributed by atoms with van der Waals surface area (Å²) in [6.07, 6.45) is 4.33. The van der Waals surface area contributed by atoms with Gasteiger partial charge >= 0.3 is 6.03 Å². The van der Waals surface area contributed by atoms with E-state index in [1.165, 1.54) is 0 Å². The number of urea groups is 1. The fraction of sp³-hybridized carbons (Fsp3) is 0.333. The van der Waals surface area contributed by atoms with Crippen molar-refractivity contribution in [2.75, 3.05) is 13.2 Å². The molecule has 2 heterocycles. The molecule has 0 spiro atoms. The Morgan fingerprint density at radius 1 is 1.25 bits per heavy atom. The molecule has 2 aromatic rings. The fourth-order valence-electron chi connectivity index (χ4n) is 2.46. The van der Waals surface area contributed by atoms with Crippen LogP contribution in [0, 0.1) is 0 Å². The molecule has 6 nitrogen and oxygen atoms in total. The Labute approximate surface area is 141 Å². The van der Waals surface area contributed by atoms with Crippen molar-refractivity contribution in [2.45, 2.75) is 25.9 Å². The predicted octanol–water partition coefficient (Wildman–Crippen LogP) is 2.80. The van der Waals surface area contributed by atoms with E-state index < -0.39 is 0 Å². The third-order valence-electron chi connectivity index (χ3n) is 3.80. The van der Waals surface area contributed by atoms with Gasteiger partial charge in [0.2, 0.25) is 0 Å². The van der Waals surface area contributed by atoms with Crippen LogP contribution in [0.15, 0.2) is 42.7 Å². The highest BCUT2D eigenvalue weighted by molar-refractivity contribution is 5.74. The van der Waals surface area contributed by atoms with Crippen LogP contribution >= 0.6 is 0 Å². The minimum atomic E-state index is -0.224. The van der Waals surface area contributed by atoms with E-state index in [-0.39, 0.29) is 12.1 Å². The largest absolute Gasteiger partial charge is 0.490 e. The van der Waals surface area contributed by atoms with Crippen LogP contribution in [0.1, 0.15) is 30.5 Å². The minimum Gasteiger partial charge on any atom is -0.490 e. The van der Waals surface area contributed by atoms with Crippen LogP contribution in [-0.2, 0) is 6.54 Å². The first-order valence-electron chi connectivity index (χ1n) is 8.05. The van der Waals surface area contributed by atoms with Gasteiger partial charge < -0.3 is 20.1 Å². The second-order valence-corrected chi connectivity index (χ2v) is 5.67. The van der Waals surface area contributed by atoms with Crippen molar-refractivity contribution in [3.05, 3.63) is 53.9 Å². The summed E-state index contributed by atoms with van der Waals surface area (Å²) in [5, 5.41) is 5.75. The van der Waals surface area contributed by atoms with Gasteiger partial charge in [-0.05, 0) is 36.2 Å². The second kappa shape index (κ2) is 7.68. The van der Waals surface area contributed by atoms with E-state index in [0.717, 1.165) is 29.0 Å². The quantitative estimate of drug-likeness (QED) is 0.906. The Balaban J connectivity index is 1.54. The van der Waals surface area contributed by atoms with Gasteiger partial charge in [-0.1, -0.05) is 12.1 Å². The summed E-state index contributed by atoms with van der Waals surface area (Å²) >= 11 is 0. The molecule has 126 valence electrons. The molecule has 1 aliphatic heterocycles. The lowest BCUT2D eigenvalue weighted by atomic mass is 10.1. The molecule has 3 rings (SSSR count). The molecule has 0 radical (unpaired) electrons. The van der Waals surface area contributed by atoms with Crippen LogP contribution in [0.25, 0.3) is 0 Å². The van der Waals surface area contributed by atoms with Gasteiger partial charge in [0.15, 0.2) is 11.5 Å². The highest BCUT2D eigenvalue weighted by Gasteiger charge is 2.12. The number of pyridine rings is 1. The maximum Gasteiger partial charge on any atom is 0.315 e. The van der Waals surface area contributed by atoms with Crippen LogP contribution in [0.4, 0.5) is 4.79 Å². The molecule has 1 atom stereocenters. The van der Waals surface area contributed by atoms with E-state index >= 15 is 0 Å². The van der Waals surface area contributed by atoms with Gasteiger partial charge in [0.25, 0.3) is 0 Å². The van der Waals surface area contributed by atoms with Gasteiger partial charge in [-0.15, -0.1) is 0 Å². The minimum absolute atomic E-state index is 0.109. The standard InChI is InChI=1S/C18H21N3O3/c1-13(15-4-2-7-19-12-15)21-18(22)20-11-14-5-6-16-17(10-14)24-9-3-8-23-16/h2,4-7,10,12-13H,3,8-9,11H2,1H3,(H2,20,21,22). The molecule has 2 amide bonds. The number of rotatable bonds is 4. The zero-order valence-corrected chi connectivity index (χ0v) is 13.6. The highest BCUT2D eigenvalue weighted by atomic mass is 16.5.